The molecule has 0 bridgehead atoms. The molecule has 0 radical (unpaired) electrons. The average molecular weight is 248 g/mol. The molecule has 0 saturated carbocycles. The SMILES string of the molecule is CCC1CCN(c2cc(C(N)=NO)ccn2)CC1. The van der Waals surface area contributed by atoms with Crippen molar-refractivity contribution in [3.05, 3.63) is 23.9 Å². The van der Waals surface area contributed by atoms with Gasteiger partial charge in [0.1, 0.15) is 5.82 Å². The second-order valence-electron chi connectivity index (χ2n) is 4.73. The maximum atomic E-state index is 8.69. The zero-order valence-corrected chi connectivity index (χ0v) is 10.7. The molecule has 3 N–H and O–H groups in total. The van der Waals surface area contributed by atoms with E-state index in [1.54, 1.807) is 12.3 Å². The van der Waals surface area contributed by atoms with E-state index in [0.29, 0.717) is 5.56 Å². The van der Waals surface area contributed by atoms with Crippen molar-refractivity contribution >= 4 is 11.7 Å². The van der Waals surface area contributed by atoms with Crippen LogP contribution in [0.15, 0.2) is 23.5 Å². The molecule has 2 rings (SSSR count). The van der Waals surface area contributed by atoms with Crippen LogP contribution in [0.5, 0.6) is 0 Å². The summed E-state index contributed by atoms with van der Waals surface area (Å²) in [4.78, 5) is 6.63. The molecule has 0 aliphatic carbocycles. The first kappa shape index (κ1) is 12.7. The topological polar surface area (TPSA) is 74.7 Å². The number of aromatic nitrogens is 1. The van der Waals surface area contributed by atoms with Crippen LogP contribution in [0.2, 0.25) is 0 Å². The van der Waals surface area contributed by atoms with Crippen molar-refractivity contribution < 1.29 is 5.21 Å². The molecule has 1 aromatic heterocycles. The van der Waals surface area contributed by atoms with Crippen LogP contribution in [-0.2, 0) is 0 Å². The van der Waals surface area contributed by atoms with Crippen LogP contribution in [0.25, 0.3) is 0 Å². The van der Waals surface area contributed by atoms with E-state index >= 15 is 0 Å². The number of nitrogens with two attached hydrogens (primary N) is 1. The second-order valence-corrected chi connectivity index (χ2v) is 4.73. The fourth-order valence-electron chi connectivity index (χ4n) is 2.38. The summed E-state index contributed by atoms with van der Waals surface area (Å²) in [6.45, 7) is 4.31. The predicted octanol–water partition coefficient (Wildman–Crippen LogP) is 1.80. The summed E-state index contributed by atoms with van der Waals surface area (Å²) in [5, 5.41) is 11.7. The maximum Gasteiger partial charge on any atom is 0.170 e. The molecule has 1 aliphatic heterocycles. The van der Waals surface area contributed by atoms with Gasteiger partial charge in [-0.25, -0.2) is 4.98 Å². The van der Waals surface area contributed by atoms with Crippen LogP contribution in [0, 0.1) is 5.92 Å². The number of nitrogens with zero attached hydrogens (tertiary/aromatic N) is 3. The van der Waals surface area contributed by atoms with Crippen molar-refractivity contribution in [3.63, 3.8) is 0 Å². The van der Waals surface area contributed by atoms with Gasteiger partial charge in [0, 0.05) is 24.8 Å². The Hall–Kier alpha value is -1.78. The third kappa shape index (κ3) is 2.72. The number of hydrogen-bond donors (Lipinski definition) is 2. The Morgan fingerprint density at radius 1 is 1.56 bits per heavy atom. The highest BCUT2D eigenvalue weighted by Gasteiger charge is 2.19. The van der Waals surface area contributed by atoms with Crippen molar-refractivity contribution in [2.24, 2.45) is 16.8 Å². The minimum absolute atomic E-state index is 0.127. The van der Waals surface area contributed by atoms with Gasteiger partial charge in [-0.3, -0.25) is 0 Å². The quantitative estimate of drug-likeness (QED) is 0.370. The van der Waals surface area contributed by atoms with Crippen molar-refractivity contribution in [2.45, 2.75) is 26.2 Å². The molecule has 2 heterocycles. The van der Waals surface area contributed by atoms with Gasteiger partial charge in [0.05, 0.1) is 0 Å². The first-order valence-electron chi connectivity index (χ1n) is 6.43. The van der Waals surface area contributed by atoms with Crippen molar-refractivity contribution in [1.82, 2.24) is 4.98 Å². The van der Waals surface area contributed by atoms with Crippen LogP contribution < -0.4 is 10.6 Å². The summed E-state index contributed by atoms with van der Waals surface area (Å²) >= 11 is 0. The molecule has 1 aromatic rings. The summed E-state index contributed by atoms with van der Waals surface area (Å²) in [6.07, 6.45) is 5.39. The summed E-state index contributed by atoms with van der Waals surface area (Å²) in [5.41, 5.74) is 6.30. The largest absolute Gasteiger partial charge is 0.409 e. The number of hydrogen-bond acceptors (Lipinski definition) is 4. The normalized spacial score (nSPS) is 18.1. The fourth-order valence-corrected chi connectivity index (χ4v) is 2.38. The Morgan fingerprint density at radius 2 is 2.28 bits per heavy atom. The van der Waals surface area contributed by atoms with E-state index in [0.717, 1.165) is 24.8 Å². The van der Waals surface area contributed by atoms with Gasteiger partial charge in [0.15, 0.2) is 5.84 Å². The Kier molecular flexibility index (Phi) is 4.02. The third-order valence-corrected chi connectivity index (χ3v) is 3.66. The number of pyridine rings is 1. The minimum atomic E-state index is 0.127. The van der Waals surface area contributed by atoms with Crippen LogP contribution in [0.4, 0.5) is 5.82 Å². The molecule has 0 unspecified atom stereocenters. The monoisotopic (exact) mass is 248 g/mol. The standard InChI is InChI=1S/C13H20N4O/c1-2-10-4-7-17(8-5-10)12-9-11(3-6-15-12)13(14)16-18/h3,6,9-10,18H,2,4-5,7-8H2,1H3,(H2,14,16). The molecule has 18 heavy (non-hydrogen) atoms. The van der Waals surface area contributed by atoms with Crippen LogP contribution in [0.1, 0.15) is 31.7 Å². The van der Waals surface area contributed by atoms with Gasteiger partial charge < -0.3 is 15.8 Å². The number of piperidine rings is 1. The van der Waals surface area contributed by atoms with E-state index in [4.69, 9.17) is 10.9 Å². The van der Waals surface area contributed by atoms with E-state index in [2.05, 4.69) is 22.0 Å². The fraction of sp³-hybridized carbons (Fsp3) is 0.538. The first-order valence-corrected chi connectivity index (χ1v) is 6.43. The molecular formula is C13H20N4O. The van der Waals surface area contributed by atoms with Crippen LogP contribution in [0.3, 0.4) is 0 Å². The maximum absolute atomic E-state index is 8.69. The van der Waals surface area contributed by atoms with Gasteiger partial charge in [0.2, 0.25) is 0 Å². The van der Waals surface area contributed by atoms with Gasteiger partial charge in [-0.1, -0.05) is 18.5 Å². The zero-order chi connectivity index (χ0) is 13.0. The Labute approximate surface area is 107 Å². The van der Waals surface area contributed by atoms with E-state index in [-0.39, 0.29) is 5.84 Å². The Balaban J connectivity index is 2.10. The van der Waals surface area contributed by atoms with Crippen molar-refractivity contribution in [2.75, 3.05) is 18.0 Å². The first-order chi connectivity index (χ1) is 8.74. The highest BCUT2D eigenvalue weighted by Crippen LogP contribution is 2.23. The highest BCUT2D eigenvalue weighted by molar-refractivity contribution is 5.97. The number of oxime groups is 1. The molecule has 0 aromatic carbocycles. The summed E-state index contributed by atoms with van der Waals surface area (Å²) in [5.74, 6) is 1.88. The van der Waals surface area contributed by atoms with Gasteiger partial charge in [-0.2, -0.15) is 0 Å². The lowest BCUT2D eigenvalue weighted by molar-refractivity contribution is 0.318. The summed E-state index contributed by atoms with van der Waals surface area (Å²) in [7, 11) is 0. The Bertz CT molecular complexity index is 425. The lowest BCUT2D eigenvalue weighted by Gasteiger charge is -2.32. The molecular weight excluding hydrogens is 228 g/mol. The van der Waals surface area contributed by atoms with Gasteiger partial charge >= 0.3 is 0 Å². The molecule has 98 valence electrons. The van der Waals surface area contributed by atoms with Crippen molar-refractivity contribution in [1.29, 1.82) is 0 Å². The smallest absolute Gasteiger partial charge is 0.170 e. The van der Waals surface area contributed by atoms with E-state index in [1.165, 1.54) is 19.3 Å². The Morgan fingerprint density at radius 3 is 2.89 bits per heavy atom. The number of amidine groups is 1. The molecule has 5 heteroatoms. The molecule has 0 spiro atoms. The molecule has 1 fully saturated rings. The minimum Gasteiger partial charge on any atom is -0.409 e. The van der Waals surface area contributed by atoms with Crippen LogP contribution >= 0.6 is 0 Å². The van der Waals surface area contributed by atoms with E-state index < -0.39 is 0 Å². The lowest BCUT2D eigenvalue weighted by Crippen LogP contribution is -2.34. The third-order valence-electron chi connectivity index (χ3n) is 3.66. The number of rotatable bonds is 3. The van der Waals surface area contributed by atoms with Gasteiger partial charge in [-0.15, -0.1) is 0 Å². The zero-order valence-electron chi connectivity index (χ0n) is 10.7. The van der Waals surface area contributed by atoms with Gasteiger partial charge in [0.25, 0.3) is 0 Å². The van der Waals surface area contributed by atoms with Gasteiger partial charge in [-0.05, 0) is 30.9 Å². The predicted molar refractivity (Wildman–Crippen MR) is 72.0 cm³/mol. The lowest BCUT2D eigenvalue weighted by atomic mass is 9.94. The summed E-state index contributed by atoms with van der Waals surface area (Å²) in [6, 6.07) is 3.62. The van der Waals surface area contributed by atoms with Crippen LogP contribution in [-0.4, -0.2) is 29.1 Å². The molecule has 5 nitrogen and oxygen atoms in total. The molecule has 0 atom stereocenters. The molecule has 1 aliphatic rings. The highest BCUT2D eigenvalue weighted by atomic mass is 16.4. The van der Waals surface area contributed by atoms with E-state index in [9.17, 15) is 0 Å². The molecule has 1 saturated heterocycles. The number of anilines is 1. The summed E-state index contributed by atoms with van der Waals surface area (Å²) < 4.78 is 0. The van der Waals surface area contributed by atoms with Crippen molar-refractivity contribution in [3.8, 4) is 0 Å². The average Bonchev–Trinajstić information content (AvgIpc) is 2.46. The van der Waals surface area contributed by atoms with E-state index in [1.807, 2.05) is 6.07 Å². The second kappa shape index (κ2) is 5.71. The molecule has 0 amide bonds.